The topological polar surface area (TPSA) is 21.3 Å². The van der Waals surface area contributed by atoms with Gasteiger partial charge in [-0.1, -0.05) is 20.8 Å². The average Bonchev–Trinajstić information content (AvgIpc) is 2.62. The molecule has 3 heteroatoms. The fraction of sp³-hybridized carbons (Fsp3) is 0.714. The van der Waals surface area contributed by atoms with Gasteiger partial charge in [0.05, 0.1) is 6.61 Å². The van der Waals surface area contributed by atoms with E-state index in [9.17, 15) is 0 Å². The second-order valence-corrected chi connectivity index (χ2v) is 7.35. The molecular formula is C14H25NOS. The fourth-order valence-electron chi connectivity index (χ4n) is 1.61. The molecule has 0 amide bonds. The third-order valence-electron chi connectivity index (χ3n) is 2.65. The third kappa shape index (κ3) is 4.78. The van der Waals surface area contributed by atoms with Crippen LogP contribution in [0.4, 0.5) is 0 Å². The van der Waals surface area contributed by atoms with Crippen LogP contribution in [-0.2, 0) is 16.7 Å². The van der Waals surface area contributed by atoms with Crippen molar-refractivity contribution in [2.75, 3.05) is 13.7 Å². The zero-order valence-corrected chi connectivity index (χ0v) is 12.7. The van der Waals surface area contributed by atoms with Crippen molar-refractivity contribution in [3.05, 3.63) is 21.9 Å². The van der Waals surface area contributed by atoms with Gasteiger partial charge in [-0.05, 0) is 31.4 Å². The number of hydrogen-bond donors (Lipinski definition) is 1. The highest BCUT2D eigenvalue weighted by molar-refractivity contribution is 7.12. The van der Waals surface area contributed by atoms with Crippen molar-refractivity contribution in [2.24, 2.45) is 0 Å². The summed E-state index contributed by atoms with van der Waals surface area (Å²) in [5, 5.41) is 3.53. The lowest BCUT2D eigenvalue weighted by Crippen LogP contribution is -2.42. The van der Waals surface area contributed by atoms with Crippen LogP contribution in [0, 0.1) is 0 Å². The first-order valence-corrected chi connectivity index (χ1v) is 6.89. The molecule has 0 aliphatic rings. The molecule has 0 aliphatic carbocycles. The van der Waals surface area contributed by atoms with Crippen LogP contribution in [0.5, 0.6) is 0 Å². The van der Waals surface area contributed by atoms with Crippen LogP contribution in [0.15, 0.2) is 12.1 Å². The summed E-state index contributed by atoms with van der Waals surface area (Å²) in [5.74, 6) is 0. The normalized spacial score (nSPS) is 13.1. The highest BCUT2D eigenvalue weighted by Crippen LogP contribution is 2.29. The molecule has 1 heterocycles. The van der Waals surface area contributed by atoms with Crippen LogP contribution in [0.3, 0.4) is 0 Å². The Kier molecular flexibility index (Phi) is 4.76. The average molecular weight is 255 g/mol. The zero-order chi connectivity index (χ0) is 13.1. The van der Waals surface area contributed by atoms with Gasteiger partial charge in [-0.3, -0.25) is 0 Å². The first-order valence-electron chi connectivity index (χ1n) is 6.08. The number of methoxy groups -OCH3 is 1. The minimum absolute atomic E-state index is 0.0284. The maximum absolute atomic E-state index is 5.20. The monoisotopic (exact) mass is 255 g/mol. The van der Waals surface area contributed by atoms with Gasteiger partial charge in [-0.15, -0.1) is 11.3 Å². The second kappa shape index (κ2) is 5.51. The van der Waals surface area contributed by atoms with Crippen molar-refractivity contribution < 1.29 is 4.74 Å². The standard InChI is InChI=1S/C14H25NOS/c1-13(2,3)12-8-7-11(17-12)9-15-14(4,5)10-16-6/h7-8,15H,9-10H2,1-6H3. The molecular weight excluding hydrogens is 230 g/mol. The van der Waals surface area contributed by atoms with Gasteiger partial charge in [0.15, 0.2) is 0 Å². The maximum atomic E-state index is 5.20. The predicted octanol–water partition coefficient (Wildman–Crippen LogP) is 3.56. The molecule has 0 unspecified atom stereocenters. The highest BCUT2D eigenvalue weighted by Gasteiger charge is 2.19. The summed E-state index contributed by atoms with van der Waals surface area (Å²) >= 11 is 1.90. The Hall–Kier alpha value is -0.380. The Balaban J connectivity index is 2.56. The van der Waals surface area contributed by atoms with Gasteiger partial charge >= 0.3 is 0 Å². The highest BCUT2D eigenvalue weighted by atomic mass is 32.1. The van der Waals surface area contributed by atoms with Gasteiger partial charge in [0.2, 0.25) is 0 Å². The van der Waals surface area contributed by atoms with E-state index in [0.29, 0.717) is 0 Å². The number of thiophene rings is 1. The summed E-state index contributed by atoms with van der Waals surface area (Å²) in [4.78, 5) is 2.83. The smallest absolute Gasteiger partial charge is 0.0639 e. The van der Waals surface area contributed by atoms with E-state index in [2.05, 4.69) is 52.1 Å². The maximum Gasteiger partial charge on any atom is 0.0639 e. The molecule has 98 valence electrons. The second-order valence-electron chi connectivity index (χ2n) is 6.19. The molecule has 0 bridgehead atoms. The molecule has 0 atom stereocenters. The Morgan fingerprint density at radius 3 is 2.29 bits per heavy atom. The zero-order valence-electron chi connectivity index (χ0n) is 11.9. The Morgan fingerprint density at radius 1 is 1.18 bits per heavy atom. The molecule has 0 saturated carbocycles. The predicted molar refractivity (Wildman–Crippen MR) is 75.8 cm³/mol. The van der Waals surface area contributed by atoms with Crippen molar-refractivity contribution in [2.45, 2.75) is 52.1 Å². The summed E-state index contributed by atoms with van der Waals surface area (Å²) in [6.45, 7) is 12.7. The molecule has 1 N–H and O–H groups in total. The van der Waals surface area contributed by atoms with Gasteiger partial charge < -0.3 is 10.1 Å². The molecule has 0 aliphatic heterocycles. The molecule has 0 spiro atoms. The van der Waals surface area contributed by atoms with Crippen LogP contribution < -0.4 is 5.32 Å². The van der Waals surface area contributed by atoms with E-state index in [1.807, 2.05) is 11.3 Å². The van der Waals surface area contributed by atoms with Crippen molar-refractivity contribution >= 4 is 11.3 Å². The minimum Gasteiger partial charge on any atom is -0.383 e. The van der Waals surface area contributed by atoms with Gasteiger partial charge in [0, 0.05) is 28.9 Å². The number of nitrogens with one attached hydrogen (secondary N) is 1. The van der Waals surface area contributed by atoms with Gasteiger partial charge in [-0.25, -0.2) is 0 Å². The number of ether oxygens (including phenoxy) is 1. The lowest BCUT2D eigenvalue weighted by Gasteiger charge is -2.25. The Morgan fingerprint density at radius 2 is 1.82 bits per heavy atom. The van der Waals surface area contributed by atoms with Crippen LogP contribution in [-0.4, -0.2) is 19.3 Å². The number of rotatable bonds is 5. The number of hydrogen-bond acceptors (Lipinski definition) is 3. The Labute approximate surface area is 109 Å². The van der Waals surface area contributed by atoms with E-state index in [4.69, 9.17) is 4.74 Å². The summed E-state index contributed by atoms with van der Waals surface area (Å²) in [6.07, 6.45) is 0. The quantitative estimate of drug-likeness (QED) is 0.868. The van der Waals surface area contributed by atoms with Gasteiger partial charge in [-0.2, -0.15) is 0 Å². The summed E-state index contributed by atoms with van der Waals surface area (Å²) < 4.78 is 5.20. The fourth-order valence-corrected chi connectivity index (χ4v) is 2.62. The van der Waals surface area contributed by atoms with E-state index in [1.54, 1.807) is 7.11 Å². The molecule has 17 heavy (non-hydrogen) atoms. The SMILES string of the molecule is COCC(C)(C)NCc1ccc(C(C)(C)C)s1. The minimum atomic E-state index is 0.0284. The van der Waals surface area contributed by atoms with E-state index in [-0.39, 0.29) is 11.0 Å². The summed E-state index contributed by atoms with van der Waals surface area (Å²) in [5.41, 5.74) is 0.283. The van der Waals surface area contributed by atoms with Crippen molar-refractivity contribution in [3.8, 4) is 0 Å². The lowest BCUT2D eigenvalue weighted by atomic mass is 9.95. The van der Waals surface area contributed by atoms with E-state index in [1.165, 1.54) is 9.75 Å². The van der Waals surface area contributed by atoms with E-state index < -0.39 is 0 Å². The van der Waals surface area contributed by atoms with Crippen LogP contribution in [0.2, 0.25) is 0 Å². The third-order valence-corrected chi connectivity index (χ3v) is 4.16. The van der Waals surface area contributed by atoms with Gasteiger partial charge in [0.1, 0.15) is 0 Å². The first kappa shape index (κ1) is 14.7. The molecule has 0 saturated heterocycles. The van der Waals surface area contributed by atoms with E-state index >= 15 is 0 Å². The van der Waals surface area contributed by atoms with Crippen LogP contribution >= 0.6 is 11.3 Å². The largest absolute Gasteiger partial charge is 0.383 e. The van der Waals surface area contributed by atoms with Crippen LogP contribution in [0.25, 0.3) is 0 Å². The first-order chi connectivity index (χ1) is 7.74. The molecule has 1 aromatic rings. The molecule has 1 aromatic heterocycles. The van der Waals surface area contributed by atoms with Crippen molar-refractivity contribution in [3.63, 3.8) is 0 Å². The van der Waals surface area contributed by atoms with E-state index in [0.717, 1.165) is 13.2 Å². The lowest BCUT2D eigenvalue weighted by molar-refractivity contribution is 0.128. The summed E-state index contributed by atoms with van der Waals surface area (Å²) in [7, 11) is 1.74. The van der Waals surface area contributed by atoms with Gasteiger partial charge in [0.25, 0.3) is 0 Å². The molecule has 0 aromatic carbocycles. The van der Waals surface area contributed by atoms with Crippen LogP contribution in [0.1, 0.15) is 44.4 Å². The molecule has 1 rings (SSSR count). The molecule has 2 nitrogen and oxygen atoms in total. The van der Waals surface area contributed by atoms with Crippen molar-refractivity contribution in [1.82, 2.24) is 5.32 Å². The van der Waals surface area contributed by atoms with Crippen molar-refractivity contribution in [1.29, 1.82) is 0 Å². The Bertz CT molecular complexity index is 349. The molecule has 0 fully saturated rings. The summed E-state index contributed by atoms with van der Waals surface area (Å²) in [6, 6.07) is 4.46. The molecule has 0 radical (unpaired) electrons.